The van der Waals surface area contributed by atoms with Crippen molar-refractivity contribution in [1.82, 2.24) is 0 Å². The maximum absolute atomic E-state index is 12.8. The number of benzene rings is 4. The molecule has 4 aromatic carbocycles. The van der Waals surface area contributed by atoms with E-state index in [1.807, 2.05) is 78.9 Å². The van der Waals surface area contributed by atoms with E-state index in [2.05, 4.69) is 5.32 Å². The first-order valence-electron chi connectivity index (χ1n) is 10.3. The van der Waals surface area contributed by atoms with E-state index < -0.39 is 0 Å². The van der Waals surface area contributed by atoms with Gasteiger partial charge in [-0.2, -0.15) is 0 Å². The second-order valence-electron chi connectivity index (χ2n) is 6.90. The molecule has 0 atom stereocenters. The molecule has 0 heterocycles. The summed E-state index contributed by atoms with van der Waals surface area (Å²) in [5.74, 6) is 2.48. The predicted octanol–water partition coefficient (Wildman–Crippen LogP) is 6.19. The van der Waals surface area contributed by atoms with Gasteiger partial charge in [0, 0.05) is 5.69 Å². The summed E-state index contributed by atoms with van der Waals surface area (Å²) in [6.07, 6.45) is 0. The lowest BCUT2D eigenvalue weighted by Gasteiger charge is -2.13. The fraction of sp³-hybridized carbons (Fsp3) is 0.0741. The van der Waals surface area contributed by atoms with Crippen molar-refractivity contribution in [2.75, 3.05) is 18.5 Å². The molecule has 5 heteroatoms. The molecular weight excluding hydrogens is 402 g/mol. The first-order chi connectivity index (χ1) is 15.8. The fourth-order valence-electron chi connectivity index (χ4n) is 3.04. The van der Waals surface area contributed by atoms with Gasteiger partial charge in [0.15, 0.2) is 0 Å². The number of ether oxygens (including phenoxy) is 3. The van der Waals surface area contributed by atoms with Gasteiger partial charge in [-0.05, 0) is 60.7 Å². The average molecular weight is 425 g/mol. The Labute approximate surface area is 187 Å². The fourth-order valence-corrected chi connectivity index (χ4v) is 3.04. The number of hydrogen-bond donors (Lipinski definition) is 1. The highest BCUT2D eigenvalue weighted by Gasteiger charge is 2.12. The largest absolute Gasteiger partial charge is 0.490 e. The highest BCUT2D eigenvalue weighted by molar-refractivity contribution is 6.06. The van der Waals surface area contributed by atoms with E-state index >= 15 is 0 Å². The molecule has 32 heavy (non-hydrogen) atoms. The standard InChI is InChI=1S/C27H23NO4/c29-27(28-21-15-17-24(18-16-21)32-23-11-5-2-6-12-23)25-13-7-8-14-26(25)31-20-19-30-22-9-3-1-4-10-22/h1-18H,19-20H2,(H,28,29). The molecule has 0 saturated carbocycles. The lowest BCUT2D eigenvalue weighted by Crippen LogP contribution is -2.15. The maximum atomic E-state index is 12.8. The third-order valence-corrected chi connectivity index (χ3v) is 4.58. The highest BCUT2D eigenvalue weighted by atomic mass is 16.5. The topological polar surface area (TPSA) is 56.8 Å². The van der Waals surface area contributed by atoms with E-state index in [9.17, 15) is 4.79 Å². The van der Waals surface area contributed by atoms with Gasteiger partial charge < -0.3 is 19.5 Å². The molecule has 1 amide bonds. The van der Waals surface area contributed by atoms with Crippen LogP contribution >= 0.6 is 0 Å². The molecule has 0 aliphatic heterocycles. The minimum Gasteiger partial charge on any atom is -0.490 e. The lowest BCUT2D eigenvalue weighted by molar-refractivity contribution is 0.102. The quantitative estimate of drug-likeness (QED) is 0.325. The molecule has 4 aromatic rings. The van der Waals surface area contributed by atoms with Crippen molar-refractivity contribution in [3.8, 4) is 23.0 Å². The highest BCUT2D eigenvalue weighted by Crippen LogP contribution is 2.24. The first-order valence-corrected chi connectivity index (χ1v) is 10.3. The Hall–Kier alpha value is -4.25. The van der Waals surface area contributed by atoms with Crippen LogP contribution in [0, 0.1) is 0 Å². The summed E-state index contributed by atoms with van der Waals surface area (Å²) < 4.78 is 17.2. The number of para-hydroxylation sites is 3. The predicted molar refractivity (Wildman–Crippen MR) is 125 cm³/mol. The van der Waals surface area contributed by atoms with Crippen LogP contribution in [0.3, 0.4) is 0 Å². The van der Waals surface area contributed by atoms with E-state index in [1.165, 1.54) is 0 Å². The van der Waals surface area contributed by atoms with Gasteiger partial charge >= 0.3 is 0 Å². The van der Waals surface area contributed by atoms with E-state index in [1.54, 1.807) is 30.3 Å². The van der Waals surface area contributed by atoms with Crippen LogP contribution in [0.25, 0.3) is 0 Å². The molecule has 0 aliphatic rings. The third-order valence-electron chi connectivity index (χ3n) is 4.58. The minimum atomic E-state index is -0.249. The van der Waals surface area contributed by atoms with Gasteiger partial charge in [-0.25, -0.2) is 0 Å². The van der Waals surface area contributed by atoms with E-state index in [4.69, 9.17) is 14.2 Å². The van der Waals surface area contributed by atoms with Gasteiger partial charge in [0.05, 0.1) is 5.56 Å². The van der Waals surface area contributed by atoms with Gasteiger partial charge in [0.25, 0.3) is 5.91 Å². The molecule has 160 valence electrons. The van der Waals surface area contributed by atoms with Crippen LogP contribution in [0.1, 0.15) is 10.4 Å². The summed E-state index contributed by atoms with van der Waals surface area (Å²) in [6, 6.07) is 33.4. The summed E-state index contributed by atoms with van der Waals surface area (Å²) in [6.45, 7) is 0.702. The van der Waals surface area contributed by atoms with Crippen LogP contribution in [0.2, 0.25) is 0 Å². The van der Waals surface area contributed by atoms with Crippen LogP contribution in [0.15, 0.2) is 109 Å². The van der Waals surface area contributed by atoms with Gasteiger partial charge in [0.1, 0.15) is 36.2 Å². The zero-order valence-corrected chi connectivity index (χ0v) is 17.4. The van der Waals surface area contributed by atoms with Crippen molar-refractivity contribution in [3.05, 3.63) is 115 Å². The Bertz CT molecular complexity index is 1130. The number of carbonyl (C=O) groups is 1. The van der Waals surface area contributed by atoms with Gasteiger partial charge in [-0.3, -0.25) is 4.79 Å². The SMILES string of the molecule is O=C(Nc1ccc(Oc2ccccc2)cc1)c1ccccc1OCCOc1ccccc1. The molecule has 0 radical (unpaired) electrons. The lowest BCUT2D eigenvalue weighted by atomic mass is 10.2. The van der Waals surface area contributed by atoms with Gasteiger partial charge in [-0.1, -0.05) is 48.5 Å². The molecule has 0 bridgehead atoms. The average Bonchev–Trinajstić information content (AvgIpc) is 2.85. The molecule has 0 unspecified atom stereocenters. The van der Waals surface area contributed by atoms with Crippen LogP contribution in [-0.4, -0.2) is 19.1 Å². The Morgan fingerprint density at radius 2 is 1.16 bits per heavy atom. The van der Waals surface area contributed by atoms with Gasteiger partial charge in [-0.15, -0.1) is 0 Å². The summed E-state index contributed by atoms with van der Waals surface area (Å²) in [4.78, 5) is 12.8. The molecular formula is C27H23NO4. The molecule has 1 N–H and O–H groups in total. The Morgan fingerprint density at radius 1 is 0.594 bits per heavy atom. The normalized spacial score (nSPS) is 10.2. The van der Waals surface area contributed by atoms with Crippen LogP contribution < -0.4 is 19.5 Å². The molecule has 0 spiro atoms. The smallest absolute Gasteiger partial charge is 0.259 e. The van der Waals surface area contributed by atoms with Crippen molar-refractivity contribution < 1.29 is 19.0 Å². The number of rotatable bonds is 9. The van der Waals surface area contributed by atoms with Crippen molar-refractivity contribution in [2.45, 2.75) is 0 Å². The number of carbonyl (C=O) groups excluding carboxylic acids is 1. The molecule has 0 aliphatic carbocycles. The Morgan fingerprint density at radius 3 is 1.88 bits per heavy atom. The van der Waals surface area contributed by atoms with Gasteiger partial charge in [0.2, 0.25) is 0 Å². The zero-order chi connectivity index (χ0) is 22.0. The van der Waals surface area contributed by atoms with Crippen LogP contribution in [0.5, 0.6) is 23.0 Å². The van der Waals surface area contributed by atoms with Crippen LogP contribution in [0.4, 0.5) is 5.69 Å². The number of hydrogen-bond acceptors (Lipinski definition) is 4. The summed E-state index contributed by atoms with van der Waals surface area (Å²) >= 11 is 0. The molecule has 0 saturated heterocycles. The second kappa shape index (κ2) is 10.7. The van der Waals surface area contributed by atoms with E-state index in [0.717, 1.165) is 11.5 Å². The summed E-state index contributed by atoms with van der Waals surface area (Å²) in [7, 11) is 0. The van der Waals surface area contributed by atoms with Crippen molar-refractivity contribution in [2.24, 2.45) is 0 Å². The molecule has 4 rings (SSSR count). The van der Waals surface area contributed by atoms with Crippen LogP contribution in [-0.2, 0) is 0 Å². The Balaban J connectivity index is 1.33. The maximum Gasteiger partial charge on any atom is 0.259 e. The monoisotopic (exact) mass is 425 g/mol. The molecule has 0 aromatic heterocycles. The zero-order valence-electron chi connectivity index (χ0n) is 17.4. The number of amides is 1. The number of nitrogens with one attached hydrogen (secondary N) is 1. The minimum absolute atomic E-state index is 0.249. The number of anilines is 1. The van der Waals surface area contributed by atoms with Crippen molar-refractivity contribution >= 4 is 11.6 Å². The van der Waals surface area contributed by atoms with Crippen molar-refractivity contribution in [3.63, 3.8) is 0 Å². The first kappa shape index (κ1) is 21.0. The van der Waals surface area contributed by atoms with E-state index in [-0.39, 0.29) is 5.91 Å². The summed E-state index contributed by atoms with van der Waals surface area (Å²) in [5, 5.41) is 2.90. The molecule has 0 fully saturated rings. The van der Waals surface area contributed by atoms with E-state index in [0.29, 0.717) is 36.0 Å². The molecule has 5 nitrogen and oxygen atoms in total. The second-order valence-corrected chi connectivity index (χ2v) is 6.90. The Kier molecular flexibility index (Phi) is 7.01. The summed E-state index contributed by atoms with van der Waals surface area (Å²) in [5.41, 5.74) is 1.12. The van der Waals surface area contributed by atoms with Crippen molar-refractivity contribution in [1.29, 1.82) is 0 Å². The third kappa shape index (κ3) is 5.89.